The summed E-state index contributed by atoms with van der Waals surface area (Å²) >= 11 is 12.0. The van der Waals surface area contributed by atoms with E-state index >= 15 is 0 Å². The van der Waals surface area contributed by atoms with Crippen molar-refractivity contribution in [2.45, 2.75) is 19.4 Å². The number of nitrogens with zero attached hydrogens (tertiary/aromatic N) is 2. The van der Waals surface area contributed by atoms with E-state index in [1.807, 2.05) is 0 Å². The molecule has 0 aliphatic carbocycles. The summed E-state index contributed by atoms with van der Waals surface area (Å²) in [6, 6.07) is 0. The highest BCUT2D eigenvalue weighted by Gasteiger charge is 2.45. The van der Waals surface area contributed by atoms with E-state index in [9.17, 15) is 10.1 Å². The lowest BCUT2D eigenvalue weighted by molar-refractivity contribution is -0.566. The molecule has 4 nitrogen and oxygen atoms in total. The second-order valence-corrected chi connectivity index (χ2v) is 4.91. The molecule has 0 N–H and O–H groups in total. The van der Waals surface area contributed by atoms with Crippen molar-refractivity contribution in [1.82, 2.24) is 4.90 Å². The van der Waals surface area contributed by atoms with Gasteiger partial charge in [-0.15, -0.1) is 0 Å². The summed E-state index contributed by atoms with van der Waals surface area (Å²) < 4.78 is 0. The fourth-order valence-electron chi connectivity index (χ4n) is 1.49. The third kappa shape index (κ3) is 2.26. The summed E-state index contributed by atoms with van der Waals surface area (Å²) in [6.07, 6.45) is 3.26. The van der Waals surface area contributed by atoms with E-state index in [1.165, 1.54) is 13.8 Å². The molecule has 1 rings (SSSR count). The summed E-state index contributed by atoms with van der Waals surface area (Å²) in [7, 11) is 1.76. The smallest absolute Gasteiger partial charge is 0.229 e. The molecular formula is C9H12Cl2N2O2. The predicted molar refractivity (Wildman–Crippen MR) is 60.2 cm³/mol. The topological polar surface area (TPSA) is 46.4 Å². The first-order chi connectivity index (χ1) is 6.76. The molecule has 84 valence electrons. The van der Waals surface area contributed by atoms with Crippen LogP contribution in [0.1, 0.15) is 13.8 Å². The van der Waals surface area contributed by atoms with Crippen LogP contribution in [-0.2, 0) is 0 Å². The molecule has 0 aromatic rings. The second-order valence-electron chi connectivity index (χ2n) is 4.04. The van der Waals surface area contributed by atoms with Gasteiger partial charge in [0.1, 0.15) is 5.92 Å². The van der Waals surface area contributed by atoms with Crippen molar-refractivity contribution in [3.63, 3.8) is 0 Å². The predicted octanol–water partition coefficient (Wildman–Crippen LogP) is 2.76. The first-order valence-electron chi connectivity index (χ1n) is 4.37. The van der Waals surface area contributed by atoms with Crippen molar-refractivity contribution in [1.29, 1.82) is 0 Å². The fourth-order valence-corrected chi connectivity index (χ4v) is 2.62. The molecule has 0 saturated carbocycles. The van der Waals surface area contributed by atoms with Gasteiger partial charge in [-0.1, -0.05) is 23.2 Å². The summed E-state index contributed by atoms with van der Waals surface area (Å²) in [5.74, 6) is -0.577. The number of hydrogen-bond acceptors (Lipinski definition) is 3. The van der Waals surface area contributed by atoms with Crippen molar-refractivity contribution < 1.29 is 4.92 Å². The van der Waals surface area contributed by atoms with E-state index in [0.717, 1.165) is 0 Å². The summed E-state index contributed by atoms with van der Waals surface area (Å²) in [5.41, 5.74) is -1.21. The van der Waals surface area contributed by atoms with Gasteiger partial charge in [0, 0.05) is 48.3 Å². The van der Waals surface area contributed by atoms with Gasteiger partial charge in [0.25, 0.3) is 0 Å². The number of hydrogen-bond donors (Lipinski definition) is 0. The largest absolute Gasteiger partial charge is 0.355 e. The van der Waals surface area contributed by atoms with Crippen molar-refractivity contribution >= 4 is 23.2 Å². The average molecular weight is 251 g/mol. The second kappa shape index (κ2) is 4.02. The zero-order valence-electron chi connectivity index (χ0n) is 8.70. The van der Waals surface area contributed by atoms with Gasteiger partial charge in [0.05, 0.1) is 0 Å². The Balaban J connectivity index is 3.11. The number of rotatable bonds is 2. The molecule has 1 aliphatic rings. The Kier molecular flexibility index (Phi) is 3.31. The Hall–Kier alpha value is -0.740. The zero-order valence-corrected chi connectivity index (χ0v) is 10.2. The summed E-state index contributed by atoms with van der Waals surface area (Å²) in [6.45, 7) is 3.02. The highest BCUT2D eigenvalue weighted by atomic mass is 35.5. The first kappa shape index (κ1) is 12.3. The zero-order chi connectivity index (χ0) is 11.8. The normalized spacial score (nSPS) is 18.6. The van der Waals surface area contributed by atoms with Gasteiger partial charge >= 0.3 is 0 Å². The molecule has 6 heteroatoms. The molecule has 0 atom stereocenters. The molecule has 0 radical (unpaired) electrons. The minimum absolute atomic E-state index is 0.366. The number of nitro groups is 1. The maximum atomic E-state index is 10.9. The van der Waals surface area contributed by atoms with E-state index < -0.39 is 11.5 Å². The van der Waals surface area contributed by atoms with Crippen LogP contribution in [0.2, 0.25) is 0 Å². The fraction of sp³-hybridized carbons (Fsp3) is 0.556. The molecule has 0 aromatic heterocycles. The van der Waals surface area contributed by atoms with Crippen LogP contribution in [-0.4, -0.2) is 22.4 Å². The lowest BCUT2D eigenvalue weighted by atomic mass is 9.86. The Morgan fingerprint density at radius 3 is 2.13 bits per heavy atom. The molecule has 0 bridgehead atoms. The van der Waals surface area contributed by atoms with Crippen LogP contribution in [0, 0.1) is 16.0 Å². The van der Waals surface area contributed by atoms with Crippen molar-refractivity contribution in [3.8, 4) is 0 Å². The average Bonchev–Trinajstić information content (AvgIpc) is 2.00. The molecule has 0 spiro atoms. The van der Waals surface area contributed by atoms with E-state index in [1.54, 1.807) is 24.3 Å². The lowest BCUT2D eigenvalue weighted by Crippen LogP contribution is -2.41. The van der Waals surface area contributed by atoms with Crippen LogP contribution >= 0.6 is 23.2 Å². The standard InChI is InChI=1S/C9H12Cl2N2O2/c1-9(2,13(14)15)8-6(10)4-12(3)5-7(8)11/h4-5,8H,1-3H3. The summed E-state index contributed by atoms with van der Waals surface area (Å²) in [4.78, 5) is 12.2. The van der Waals surface area contributed by atoms with E-state index in [-0.39, 0.29) is 4.92 Å². The van der Waals surface area contributed by atoms with Crippen molar-refractivity contribution in [3.05, 3.63) is 32.6 Å². The molecular weight excluding hydrogens is 239 g/mol. The third-order valence-corrected chi connectivity index (χ3v) is 3.01. The van der Waals surface area contributed by atoms with Crippen LogP contribution in [0.25, 0.3) is 0 Å². The molecule has 0 unspecified atom stereocenters. The Morgan fingerprint density at radius 2 is 1.80 bits per heavy atom. The monoisotopic (exact) mass is 250 g/mol. The molecule has 0 amide bonds. The highest BCUT2D eigenvalue weighted by molar-refractivity contribution is 6.34. The Labute approximate surface area is 98.3 Å². The van der Waals surface area contributed by atoms with Crippen LogP contribution in [0.4, 0.5) is 0 Å². The van der Waals surface area contributed by atoms with Gasteiger partial charge in [-0.2, -0.15) is 0 Å². The van der Waals surface area contributed by atoms with E-state index in [4.69, 9.17) is 23.2 Å². The maximum absolute atomic E-state index is 10.9. The third-order valence-electron chi connectivity index (χ3n) is 2.38. The van der Waals surface area contributed by atoms with Crippen LogP contribution in [0.3, 0.4) is 0 Å². The Bertz CT molecular complexity index is 330. The maximum Gasteiger partial charge on any atom is 0.229 e. The van der Waals surface area contributed by atoms with E-state index in [2.05, 4.69) is 0 Å². The number of halogens is 2. The van der Waals surface area contributed by atoms with Gasteiger partial charge in [0.2, 0.25) is 5.54 Å². The molecule has 0 aromatic carbocycles. The molecule has 1 heterocycles. The van der Waals surface area contributed by atoms with Gasteiger partial charge in [-0.3, -0.25) is 10.1 Å². The Morgan fingerprint density at radius 1 is 1.40 bits per heavy atom. The molecule has 15 heavy (non-hydrogen) atoms. The van der Waals surface area contributed by atoms with Crippen molar-refractivity contribution in [2.24, 2.45) is 5.92 Å². The van der Waals surface area contributed by atoms with Gasteiger partial charge < -0.3 is 4.90 Å². The van der Waals surface area contributed by atoms with Gasteiger partial charge in [-0.25, -0.2) is 0 Å². The minimum atomic E-state index is -1.21. The molecule has 0 fully saturated rings. The van der Waals surface area contributed by atoms with E-state index in [0.29, 0.717) is 10.1 Å². The molecule has 1 aliphatic heterocycles. The lowest BCUT2D eigenvalue weighted by Gasteiger charge is -2.30. The van der Waals surface area contributed by atoms with Crippen LogP contribution in [0.5, 0.6) is 0 Å². The molecule has 0 saturated heterocycles. The van der Waals surface area contributed by atoms with Gasteiger partial charge in [0.15, 0.2) is 0 Å². The van der Waals surface area contributed by atoms with Crippen LogP contribution in [0.15, 0.2) is 22.5 Å². The van der Waals surface area contributed by atoms with Gasteiger partial charge in [-0.05, 0) is 0 Å². The SMILES string of the molecule is CN1C=C(Cl)C(C(C)(C)[N+](=O)[O-])C(Cl)=C1. The minimum Gasteiger partial charge on any atom is -0.355 e. The summed E-state index contributed by atoms with van der Waals surface area (Å²) in [5, 5.41) is 11.7. The van der Waals surface area contributed by atoms with Crippen LogP contribution < -0.4 is 0 Å². The van der Waals surface area contributed by atoms with Crippen molar-refractivity contribution in [2.75, 3.05) is 7.05 Å². The quantitative estimate of drug-likeness (QED) is 0.560. The highest BCUT2D eigenvalue weighted by Crippen LogP contribution is 2.39. The first-order valence-corrected chi connectivity index (χ1v) is 5.13.